The van der Waals surface area contributed by atoms with Crippen molar-refractivity contribution in [3.05, 3.63) is 47.5 Å². The van der Waals surface area contributed by atoms with Gasteiger partial charge in [-0.2, -0.15) is 0 Å². The predicted octanol–water partition coefficient (Wildman–Crippen LogP) is 4.60. The van der Waals surface area contributed by atoms with Crippen LogP contribution in [-0.2, 0) is 0 Å². The van der Waals surface area contributed by atoms with E-state index in [-0.39, 0.29) is 0 Å². The van der Waals surface area contributed by atoms with Gasteiger partial charge in [-0.15, -0.1) is 11.8 Å². The number of ether oxygens (including phenoxy) is 3. The Kier molecular flexibility index (Phi) is 5.78. The number of rotatable bonds is 6. The first kappa shape index (κ1) is 16.3. The minimum atomic E-state index is 0.602. The molecule has 0 aliphatic heterocycles. The lowest BCUT2D eigenvalue weighted by molar-refractivity contribution is 0.324. The number of thioether (sulfide) groups is 1. The highest BCUT2D eigenvalue weighted by Crippen LogP contribution is 2.40. The highest BCUT2D eigenvalue weighted by molar-refractivity contribution is 7.98. The van der Waals surface area contributed by atoms with Crippen molar-refractivity contribution in [3.8, 4) is 17.2 Å². The third kappa shape index (κ3) is 3.57. The SMILES string of the molecule is COc1ccc(C=Cc2ccc(SC)cc2)c(OC)c1OC. The molecule has 2 aromatic rings. The molecule has 0 unspecified atom stereocenters. The second-order valence-corrected chi connectivity index (χ2v) is 5.41. The highest BCUT2D eigenvalue weighted by atomic mass is 32.2. The molecular weight excluding hydrogens is 296 g/mol. The van der Waals surface area contributed by atoms with E-state index in [2.05, 4.69) is 30.5 Å². The summed E-state index contributed by atoms with van der Waals surface area (Å²) in [5.41, 5.74) is 2.07. The molecule has 22 heavy (non-hydrogen) atoms. The van der Waals surface area contributed by atoms with Gasteiger partial charge in [0.25, 0.3) is 0 Å². The van der Waals surface area contributed by atoms with Gasteiger partial charge < -0.3 is 14.2 Å². The highest BCUT2D eigenvalue weighted by Gasteiger charge is 2.13. The Morgan fingerprint density at radius 3 is 2.00 bits per heavy atom. The normalized spacial score (nSPS) is 10.7. The monoisotopic (exact) mass is 316 g/mol. The fraction of sp³-hybridized carbons (Fsp3) is 0.222. The number of hydrogen-bond acceptors (Lipinski definition) is 4. The minimum Gasteiger partial charge on any atom is -0.493 e. The van der Waals surface area contributed by atoms with E-state index in [0.717, 1.165) is 11.1 Å². The average molecular weight is 316 g/mol. The molecule has 0 fully saturated rings. The third-order valence-electron chi connectivity index (χ3n) is 3.31. The van der Waals surface area contributed by atoms with Crippen LogP contribution in [0.1, 0.15) is 11.1 Å². The van der Waals surface area contributed by atoms with Gasteiger partial charge in [0.1, 0.15) is 0 Å². The van der Waals surface area contributed by atoms with Crippen LogP contribution < -0.4 is 14.2 Å². The second-order valence-electron chi connectivity index (χ2n) is 4.53. The number of benzene rings is 2. The molecule has 3 nitrogen and oxygen atoms in total. The van der Waals surface area contributed by atoms with Crippen molar-refractivity contribution in [2.24, 2.45) is 0 Å². The molecule has 0 aliphatic carbocycles. The largest absolute Gasteiger partial charge is 0.493 e. The molecule has 0 aliphatic rings. The van der Waals surface area contributed by atoms with Gasteiger partial charge in [0.15, 0.2) is 11.5 Å². The maximum Gasteiger partial charge on any atom is 0.203 e. The van der Waals surface area contributed by atoms with Crippen LogP contribution in [0.25, 0.3) is 12.2 Å². The summed E-state index contributed by atoms with van der Waals surface area (Å²) in [6, 6.07) is 12.2. The van der Waals surface area contributed by atoms with Crippen LogP contribution in [-0.4, -0.2) is 27.6 Å². The van der Waals surface area contributed by atoms with Crippen molar-refractivity contribution >= 4 is 23.9 Å². The molecule has 0 aromatic heterocycles. The van der Waals surface area contributed by atoms with Crippen LogP contribution in [0.3, 0.4) is 0 Å². The molecule has 0 saturated carbocycles. The van der Waals surface area contributed by atoms with E-state index in [4.69, 9.17) is 14.2 Å². The van der Waals surface area contributed by atoms with Crippen LogP contribution in [0.2, 0.25) is 0 Å². The maximum atomic E-state index is 5.48. The van der Waals surface area contributed by atoms with Gasteiger partial charge in [-0.05, 0) is 36.1 Å². The molecule has 0 heterocycles. The van der Waals surface area contributed by atoms with E-state index in [9.17, 15) is 0 Å². The Labute approximate surface area is 135 Å². The molecule has 0 amide bonds. The van der Waals surface area contributed by atoms with E-state index in [1.807, 2.05) is 24.3 Å². The van der Waals surface area contributed by atoms with Crippen LogP contribution >= 0.6 is 11.8 Å². The van der Waals surface area contributed by atoms with Crippen molar-refractivity contribution in [1.82, 2.24) is 0 Å². The molecule has 0 radical (unpaired) electrons. The summed E-state index contributed by atoms with van der Waals surface area (Å²) in [5, 5.41) is 0. The van der Waals surface area contributed by atoms with Crippen LogP contribution in [0.4, 0.5) is 0 Å². The van der Waals surface area contributed by atoms with Gasteiger partial charge in [0, 0.05) is 10.5 Å². The van der Waals surface area contributed by atoms with E-state index in [1.165, 1.54) is 4.90 Å². The second kappa shape index (κ2) is 7.80. The van der Waals surface area contributed by atoms with Gasteiger partial charge >= 0.3 is 0 Å². The van der Waals surface area contributed by atoms with Crippen molar-refractivity contribution in [2.75, 3.05) is 27.6 Å². The van der Waals surface area contributed by atoms with Crippen molar-refractivity contribution in [3.63, 3.8) is 0 Å². The van der Waals surface area contributed by atoms with Crippen molar-refractivity contribution in [1.29, 1.82) is 0 Å². The van der Waals surface area contributed by atoms with Gasteiger partial charge in [-0.25, -0.2) is 0 Å². The summed E-state index contributed by atoms with van der Waals surface area (Å²) >= 11 is 1.73. The summed E-state index contributed by atoms with van der Waals surface area (Å²) in [5.74, 6) is 1.92. The molecule has 0 bridgehead atoms. The average Bonchev–Trinajstić information content (AvgIpc) is 2.59. The van der Waals surface area contributed by atoms with Gasteiger partial charge in [0.05, 0.1) is 21.3 Å². The van der Waals surface area contributed by atoms with Gasteiger partial charge in [0.2, 0.25) is 5.75 Å². The van der Waals surface area contributed by atoms with Crippen molar-refractivity contribution in [2.45, 2.75) is 4.90 Å². The first-order chi connectivity index (χ1) is 10.7. The van der Waals surface area contributed by atoms with E-state index >= 15 is 0 Å². The summed E-state index contributed by atoms with van der Waals surface area (Å²) < 4.78 is 16.2. The lowest BCUT2D eigenvalue weighted by Crippen LogP contribution is -1.96. The topological polar surface area (TPSA) is 27.7 Å². The molecule has 0 atom stereocenters. The Bertz CT molecular complexity index is 648. The fourth-order valence-corrected chi connectivity index (χ4v) is 2.56. The van der Waals surface area contributed by atoms with Gasteiger partial charge in [-0.1, -0.05) is 24.3 Å². The summed E-state index contributed by atoms with van der Waals surface area (Å²) in [7, 11) is 4.84. The smallest absolute Gasteiger partial charge is 0.203 e. The number of hydrogen-bond donors (Lipinski definition) is 0. The standard InChI is InChI=1S/C18H20O3S/c1-19-16-12-9-14(17(20-2)18(16)21-3)8-5-13-6-10-15(22-4)11-7-13/h5-12H,1-4H3. The molecule has 2 aromatic carbocycles. The van der Waals surface area contributed by atoms with Gasteiger partial charge in [-0.3, -0.25) is 0 Å². The zero-order valence-corrected chi connectivity index (χ0v) is 14.1. The van der Waals surface area contributed by atoms with Crippen LogP contribution in [0, 0.1) is 0 Å². The molecular formula is C18H20O3S. The molecule has 4 heteroatoms. The van der Waals surface area contributed by atoms with Crippen LogP contribution in [0.5, 0.6) is 17.2 Å². The zero-order valence-electron chi connectivity index (χ0n) is 13.3. The van der Waals surface area contributed by atoms with Crippen molar-refractivity contribution < 1.29 is 14.2 Å². The number of methoxy groups -OCH3 is 3. The third-order valence-corrected chi connectivity index (χ3v) is 4.05. The molecule has 2 rings (SSSR count). The molecule has 0 saturated heterocycles. The van der Waals surface area contributed by atoms with E-state index in [0.29, 0.717) is 17.2 Å². The lowest BCUT2D eigenvalue weighted by atomic mass is 10.1. The molecule has 0 spiro atoms. The Hall–Kier alpha value is -2.07. The molecule has 0 N–H and O–H groups in total. The molecule has 116 valence electrons. The summed E-state index contributed by atoms with van der Waals surface area (Å²) in [6.07, 6.45) is 6.13. The maximum absolute atomic E-state index is 5.48. The predicted molar refractivity (Wildman–Crippen MR) is 93.2 cm³/mol. The zero-order chi connectivity index (χ0) is 15.9. The minimum absolute atomic E-state index is 0.602. The summed E-state index contributed by atoms with van der Waals surface area (Å²) in [4.78, 5) is 1.25. The van der Waals surface area contributed by atoms with Crippen LogP contribution in [0.15, 0.2) is 41.3 Å². The van der Waals surface area contributed by atoms with E-state index < -0.39 is 0 Å². The Morgan fingerprint density at radius 2 is 1.45 bits per heavy atom. The Balaban J connectivity index is 2.33. The first-order valence-electron chi connectivity index (χ1n) is 6.84. The quantitative estimate of drug-likeness (QED) is 0.575. The fourth-order valence-electron chi connectivity index (χ4n) is 2.16. The lowest BCUT2D eigenvalue weighted by Gasteiger charge is -2.14. The summed E-state index contributed by atoms with van der Waals surface area (Å²) in [6.45, 7) is 0. The Morgan fingerprint density at radius 1 is 0.773 bits per heavy atom. The van der Waals surface area contributed by atoms with E-state index in [1.54, 1.807) is 33.1 Å². The first-order valence-corrected chi connectivity index (χ1v) is 8.07.